The van der Waals surface area contributed by atoms with Crippen molar-refractivity contribution < 1.29 is 4.79 Å². The molecule has 1 aliphatic rings. The first kappa shape index (κ1) is 21.1. The molecule has 3 rings (SSSR count). The number of anilines is 2. The van der Waals surface area contributed by atoms with Crippen molar-refractivity contribution in [2.24, 2.45) is 0 Å². The molecule has 0 aliphatic carbocycles. The fraction of sp³-hybridized carbons (Fsp3) is 0.550. The Morgan fingerprint density at radius 2 is 2.28 bits per heavy atom. The van der Waals surface area contributed by atoms with E-state index < -0.39 is 0 Å². The summed E-state index contributed by atoms with van der Waals surface area (Å²) in [4.78, 5) is 28.0. The maximum Gasteiger partial charge on any atom is 0.270 e. The van der Waals surface area contributed by atoms with Gasteiger partial charge in [0.25, 0.3) is 5.91 Å². The predicted octanol–water partition coefficient (Wildman–Crippen LogP) is 3.22. The number of hydrogen-bond acceptors (Lipinski definition) is 8. The first-order valence-electron chi connectivity index (χ1n) is 10.0. The molecule has 1 aliphatic heterocycles. The standard InChI is InChI=1S/C20H27N7OS/c1-3-4-8-22-19(28)16-13-29-20(24-16)26-17-11-14(2)23-18(25-17)15-6-5-9-27(12-15)10-7-21/h11,13,15H,3-6,8-10,12H2,1-2H3,(H,22,28)(H,23,24,25,26)/t15-/m1/s1. The molecule has 29 heavy (non-hydrogen) atoms. The Bertz CT molecular complexity index is 876. The molecular formula is C20H27N7OS. The summed E-state index contributed by atoms with van der Waals surface area (Å²) in [6.07, 6.45) is 4.05. The molecule has 3 heterocycles. The third kappa shape index (κ3) is 5.95. The summed E-state index contributed by atoms with van der Waals surface area (Å²) in [5.41, 5.74) is 1.29. The summed E-state index contributed by atoms with van der Waals surface area (Å²) in [6.45, 7) is 6.88. The summed E-state index contributed by atoms with van der Waals surface area (Å²) in [5.74, 6) is 1.54. The Labute approximate surface area is 175 Å². The largest absolute Gasteiger partial charge is 0.351 e. The van der Waals surface area contributed by atoms with Crippen LogP contribution < -0.4 is 10.6 Å². The third-order valence-electron chi connectivity index (χ3n) is 4.82. The zero-order valence-corrected chi connectivity index (χ0v) is 17.8. The van der Waals surface area contributed by atoms with Crippen LogP contribution in [0.4, 0.5) is 10.9 Å². The summed E-state index contributed by atoms with van der Waals surface area (Å²) in [7, 11) is 0. The lowest BCUT2D eigenvalue weighted by molar-refractivity contribution is 0.0949. The number of carbonyl (C=O) groups excluding carboxylic acids is 1. The average Bonchev–Trinajstić information content (AvgIpc) is 3.17. The van der Waals surface area contributed by atoms with Crippen molar-refractivity contribution in [2.45, 2.75) is 45.4 Å². The van der Waals surface area contributed by atoms with Gasteiger partial charge in [0.05, 0.1) is 12.6 Å². The second-order valence-electron chi connectivity index (χ2n) is 7.26. The lowest BCUT2D eigenvalue weighted by atomic mass is 9.97. The van der Waals surface area contributed by atoms with Crippen LogP contribution in [0.2, 0.25) is 0 Å². The number of unbranched alkanes of at least 4 members (excludes halogenated alkanes) is 1. The Morgan fingerprint density at radius 1 is 1.41 bits per heavy atom. The van der Waals surface area contributed by atoms with E-state index in [2.05, 4.69) is 38.5 Å². The molecule has 8 nitrogen and oxygen atoms in total. The number of hydrogen-bond donors (Lipinski definition) is 2. The minimum Gasteiger partial charge on any atom is -0.351 e. The number of rotatable bonds is 8. The average molecular weight is 414 g/mol. The fourth-order valence-electron chi connectivity index (χ4n) is 3.36. The Morgan fingerprint density at radius 3 is 3.07 bits per heavy atom. The van der Waals surface area contributed by atoms with E-state index in [0.29, 0.717) is 29.7 Å². The topological polar surface area (TPSA) is 107 Å². The molecule has 1 amide bonds. The number of nitriles is 1. The summed E-state index contributed by atoms with van der Waals surface area (Å²) < 4.78 is 0. The Hall–Kier alpha value is -2.57. The molecule has 9 heteroatoms. The van der Waals surface area contributed by atoms with Crippen LogP contribution in [0.3, 0.4) is 0 Å². The van der Waals surface area contributed by atoms with E-state index in [1.54, 1.807) is 5.38 Å². The Balaban J connectivity index is 1.68. The van der Waals surface area contributed by atoms with Crippen molar-refractivity contribution in [1.82, 2.24) is 25.2 Å². The highest BCUT2D eigenvalue weighted by molar-refractivity contribution is 7.14. The molecule has 2 aromatic rings. The monoisotopic (exact) mass is 413 g/mol. The van der Waals surface area contributed by atoms with Gasteiger partial charge in [-0.3, -0.25) is 9.69 Å². The number of aryl methyl sites for hydroxylation is 1. The van der Waals surface area contributed by atoms with Gasteiger partial charge in [0, 0.05) is 36.1 Å². The molecule has 2 N–H and O–H groups in total. The van der Waals surface area contributed by atoms with E-state index in [1.165, 1.54) is 11.3 Å². The number of nitrogens with one attached hydrogen (secondary N) is 2. The quantitative estimate of drug-likeness (QED) is 0.505. The smallest absolute Gasteiger partial charge is 0.270 e. The van der Waals surface area contributed by atoms with E-state index in [1.807, 2.05) is 13.0 Å². The highest BCUT2D eigenvalue weighted by atomic mass is 32.1. The van der Waals surface area contributed by atoms with Gasteiger partial charge in [-0.05, 0) is 32.7 Å². The van der Waals surface area contributed by atoms with E-state index in [-0.39, 0.29) is 11.8 Å². The number of amides is 1. The van der Waals surface area contributed by atoms with Crippen molar-refractivity contribution in [1.29, 1.82) is 5.26 Å². The van der Waals surface area contributed by atoms with Crippen LogP contribution in [0.1, 0.15) is 60.5 Å². The lowest BCUT2D eigenvalue weighted by Crippen LogP contribution is -2.35. The van der Waals surface area contributed by atoms with Crippen molar-refractivity contribution in [3.63, 3.8) is 0 Å². The van der Waals surface area contributed by atoms with Crippen LogP contribution in [0.15, 0.2) is 11.4 Å². The molecular weight excluding hydrogens is 386 g/mol. The molecule has 0 radical (unpaired) electrons. The first-order chi connectivity index (χ1) is 14.1. The minimum atomic E-state index is -0.151. The number of likely N-dealkylation sites (tertiary alicyclic amines) is 1. The van der Waals surface area contributed by atoms with Crippen molar-refractivity contribution in [3.8, 4) is 6.07 Å². The van der Waals surface area contributed by atoms with Crippen LogP contribution in [0.25, 0.3) is 0 Å². The van der Waals surface area contributed by atoms with Crippen molar-refractivity contribution in [3.05, 3.63) is 28.7 Å². The predicted molar refractivity (Wildman–Crippen MR) is 113 cm³/mol. The maximum atomic E-state index is 12.1. The SMILES string of the molecule is CCCCNC(=O)c1csc(Nc2cc(C)nc([C@@H]3CCCN(CC#N)C3)n2)n1. The second kappa shape index (κ2) is 10.3. The lowest BCUT2D eigenvalue weighted by Gasteiger charge is -2.30. The van der Waals surface area contributed by atoms with Gasteiger partial charge in [-0.2, -0.15) is 5.26 Å². The van der Waals surface area contributed by atoms with Crippen LogP contribution >= 0.6 is 11.3 Å². The van der Waals surface area contributed by atoms with E-state index in [9.17, 15) is 4.79 Å². The van der Waals surface area contributed by atoms with E-state index >= 15 is 0 Å². The van der Waals surface area contributed by atoms with Crippen molar-refractivity contribution >= 4 is 28.2 Å². The molecule has 2 aromatic heterocycles. The van der Waals surface area contributed by atoms with Gasteiger partial charge in [-0.15, -0.1) is 11.3 Å². The summed E-state index contributed by atoms with van der Waals surface area (Å²) in [6, 6.07) is 4.10. The van der Waals surface area contributed by atoms with Gasteiger partial charge in [0.2, 0.25) is 0 Å². The van der Waals surface area contributed by atoms with Gasteiger partial charge in [-0.25, -0.2) is 15.0 Å². The molecule has 1 atom stereocenters. The van der Waals surface area contributed by atoms with Crippen LogP contribution in [-0.4, -0.2) is 51.9 Å². The normalized spacial score (nSPS) is 16.9. The number of carbonyl (C=O) groups is 1. The summed E-state index contributed by atoms with van der Waals surface area (Å²) >= 11 is 1.38. The molecule has 0 saturated carbocycles. The maximum absolute atomic E-state index is 12.1. The number of thiazole rings is 1. The van der Waals surface area contributed by atoms with Gasteiger partial charge in [-0.1, -0.05) is 13.3 Å². The molecule has 0 aromatic carbocycles. The Kier molecular flexibility index (Phi) is 7.49. The van der Waals surface area contributed by atoms with Gasteiger partial charge >= 0.3 is 0 Å². The molecule has 0 unspecified atom stereocenters. The number of aromatic nitrogens is 3. The van der Waals surface area contributed by atoms with Crippen LogP contribution in [-0.2, 0) is 0 Å². The first-order valence-corrected chi connectivity index (χ1v) is 10.9. The van der Waals surface area contributed by atoms with Crippen LogP contribution in [0.5, 0.6) is 0 Å². The number of piperidine rings is 1. The molecule has 0 spiro atoms. The zero-order chi connectivity index (χ0) is 20.6. The number of nitrogens with zero attached hydrogens (tertiary/aromatic N) is 5. The minimum absolute atomic E-state index is 0.151. The molecule has 1 saturated heterocycles. The highest BCUT2D eigenvalue weighted by Crippen LogP contribution is 2.27. The summed E-state index contributed by atoms with van der Waals surface area (Å²) in [5, 5.41) is 17.4. The highest BCUT2D eigenvalue weighted by Gasteiger charge is 2.24. The van der Waals surface area contributed by atoms with Crippen molar-refractivity contribution in [2.75, 3.05) is 31.5 Å². The fourth-order valence-corrected chi connectivity index (χ4v) is 4.06. The molecule has 1 fully saturated rings. The molecule has 154 valence electrons. The van der Waals surface area contributed by atoms with E-state index in [0.717, 1.165) is 50.3 Å². The molecule has 0 bridgehead atoms. The van der Waals surface area contributed by atoms with E-state index in [4.69, 9.17) is 10.2 Å². The van der Waals surface area contributed by atoms with Crippen LogP contribution in [0, 0.1) is 18.3 Å². The third-order valence-corrected chi connectivity index (χ3v) is 5.58. The zero-order valence-electron chi connectivity index (χ0n) is 16.9. The van der Waals surface area contributed by atoms with Gasteiger partial charge in [0.15, 0.2) is 5.13 Å². The van der Waals surface area contributed by atoms with Gasteiger partial charge < -0.3 is 10.6 Å². The second-order valence-corrected chi connectivity index (χ2v) is 8.12. The van der Waals surface area contributed by atoms with Gasteiger partial charge in [0.1, 0.15) is 17.3 Å².